The fraction of sp³-hybridized carbons (Fsp3) is 0.600. The molecule has 0 fully saturated rings. The molecule has 0 atom stereocenters. The number of hydrogen-bond donors (Lipinski definition) is 0. The van der Waals surface area contributed by atoms with E-state index in [2.05, 4.69) is 23.8 Å². The van der Waals surface area contributed by atoms with E-state index >= 15 is 0 Å². The third-order valence-electron chi connectivity index (χ3n) is 1.58. The molecule has 13 heavy (non-hydrogen) atoms. The van der Waals surface area contributed by atoms with E-state index < -0.39 is 0 Å². The van der Waals surface area contributed by atoms with Crippen LogP contribution in [0.3, 0.4) is 0 Å². The van der Waals surface area contributed by atoms with Gasteiger partial charge in [-0.1, -0.05) is 13.8 Å². The minimum atomic E-state index is 0.150. The zero-order chi connectivity index (χ0) is 9.84. The Morgan fingerprint density at radius 3 is 2.38 bits per heavy atom. The minimum absolute atomic E-state index is 0.150. The van der Waals surface area contributed by atoms with E-state index in [0.717, 1.165) is 5.69 Å². The van der Waals surface area contributed by atoms with Gasteiger partial charge in [-0.3, -0.25) is 4.98 Å². The number of aromatic nitrogens is 2. The zero-order valence-electron chi connectivity index (χ0n) is 8.61. The predicted molar refractivity (Wildman–Crippen MR) is 51.9 cm³/mol. The molecule has 0 unspecified atom stereocenters. The van der Waals surface area contributed by atoms with Crippen LogP contribution in [0.4, 0.5) is 0 Å². The molecule has 0 bridgehead atoms. The molecule has 0 aliphatic rings. The predicted octanol–water partition coefficient (Wildman–Crippen LogP) is 2.39. The van der Waals surface area contributed by atoms with Crippen molar-refractivity contribution in [1.82, 2.24) is 9.97 Å². The molecule has 1 rings (SSSR count). The summed E-state index contributed by atoms with van der Waals surface area (Å²) >= 11 is 0. The van der Waals surface area contributed by atoms with E-state index in [4.69, 9.17) is 4.74 Å². The molecule has 1 aromatic rings. The van der Waals surface area contributed by atoms with Gasteiger partial charge in [-0.05, 0) is 19.8 Å². The van der Waals surface area contributed by atoms with Crippen LogP contribution in [0.5, 0.6) is 5.88 Å². The van der Waals surface area contributed by atoms with Crippen molar-refractivity contribution in [2.45, 2.75) is 39.7 Å². The molecule has 0 spiro atoms. The van der Waals surface area contributed by atoms with E-state index in [9.17, 15) is 0 Å². The molecule has 0 N–H and O–H groups in total. The Balaban J connectivity index is 2.79. The molecule has 3 nitrogen and oxygen atoms in total. The normalized spacial score (nSPS) is 10.9. The molecule has 1 heterocycles. The maximum absolute atomic E-state index is 5.43. The SMILES string of the molecule is CC(C)Oc1cncc(C(C)C)n1. The largest absolute Gasteiger partial charge is 0.474 e. The fourth-order valence-electron chi connectivity index (χ4n) is 0.939. The lowest BCUT2D eigenvalue weighted by Gasteiger charge is -2.10. The molecule has 0 amide bonds. The second-order valence-electron chi connectivity index (χ2n) is 3.60. The van der Waals surface area contributed by atoms with Gasteiger partial charge in [-0.25, -0.2) is 4.98 Å². The van der Waals surface area contributed by atoms with Crippen LogP contribution in [0.2, 0.25) is 0 Å². The highest BCUT2D eigenvalue weighted by molar-refractivity contribution is 5.10. The van der Waals surface area contributed by atoms with Gasteiger partial charge in [0.05, 0.1) is 18.0 Å². The Morgan fingerprint density at radius 1 is 1.15 bits per heavy atom. The van der Waals surface area contributed by atoms with Gasteiger partial charge >= 0.3 is 0 Å². The van der Waals surface area contributed by atoms with Crippen molar-refractivity contribution in [3.8, 4) is 5.88 Å². The molecule has 0 aliphatic carbocycles. The number of nitrogens with zero attached hydrogens (tertiary/aromatic N) is 2. The van der Waals surface area contributed by atoms with E-state index in [1.807, 2.05) is 13.8 Å². The van der Waals surface area contributed by atoms with Crippen LogP contribution in [0.1, 0.15) is 39.3 Å². The molecule has 0 aromatic carbocycles. The lowest BCUT2D eigenvalue weighted by atomic mass is 10.1. The highest BCUT2D eigenvalue weighted by atomic mass is 16.5. The Bertz CT molecular complexity index is 271. The van der Waals surface area contributed by atoms with Crippen molar-refractivity contribution >= 4 is 0 Å². The molecule has 3 heteroatoms. The zero-order valence-corrected chi connectivity index (χ0v) is 8.61. The van der Waals surface area contributed by atoms with Gasteiger partial charge in [0.15, 0.2) is 0 Å². The van der Waals surface area contributed by atoms with E-state index in [0.29, 0.717) is 11.8 Å². The lowest BCUT2D eigenvalue weighted by molar-refractivity contribution is 0.230. The van der Waals surface area contributed by atoms with Crippen molar-refractivity contribution in [3.63, 3.8) is 0 Å². The van der Waals surface area contributed by atoms with Crippen molar-refractivity contribution in [2.75, 3.05) is 0 Å². The molecule has 1 aromatic heterocycles. The van der Waals surface area contributed by atoms with Crippen molar-refractivity contribution in [1.29, 1.82) is 0 Å². The summed E-state index contributed by atoms with van der Waals surface area (Å²) in [5.41, 5.74) is 0.971. The smallest absolute Gasteiger partial charge is 0.232 e. The number of hydrogen-bond acceptors (Lipinski definition) is 3. The van der Waals surface area contributed by atoms with Crippen LogP contribution >= 0.6 is 0 Å². The quantitative estimate of drug-likeness (QED) is 0.716. The summed E-state index contributed by atoms with van der Waals surface area (Å²) in [6.45, 7) is 8.12. The van der Waals surface area contributed by atoms with Gasteiger partial charge in [-0.15, -0.1) is 0 Å². The highest BCUT2D eigenvalue weighted by Crippen LogP contribution is 2.14. The summed E-state index contributed by atoms with van der Waals surface area (Å²) < 4.78 is 5.43. The first kappa shape index (κ1) is 9.96. The van der Waals surface area contributed by atoms with Crippen LogP contribution in [-0.4, -0.2) is 16.1 Å². The van der Waals surface area contributed by atoms with Gasteiger partial charge in [0, 0.05) is 6.20 Å². The standard InChI is InChI=1S/C10H16N2O/c1-7(2)9-5-11-6-10(12-9)13-8(3)4/h5-8H,1-4H3. The maximum Gasteiger partial charge on any atom is 0.232 e. The maximum atomic E-state index is 5.43. The second kappa shape index (κ2) is 4.21. The average molecular weight is 180 g/mol. The molecule has 0 saturated heterocycles. The van der Waals surface area contributed by atoms with Crippen LogP contribution in [0.25, 0.3) is 0 Å². The summed E-state index contributed by atoms with van der Waals surface area (Å²) in [6, 6.07) is 0. The average Bonchev–Trinajstić information content (AvgIpc) is 2.03. The number of ether oxygens (including phenoxy) is 1. The van der Waals surface area contributed by atoms with Gasteiger partial charge in [0.25, 0.3) is 0 Å². The summed E-state index contributed by atoms with van der Waals surface area (Å²) in [7, 11) is 0. The van der Waals surface area contributed by atoms with Crippen molar-refractivity contribution < 1.29 is 4.74 Å². The molecule has 0 radical (unpaired) electrons. The summed E-state index contributed by atoms with van der Waals surface area (Å²) in [6.07, 6.45) is 3.57. The third-order valence-corrected chi connectivity index (χ3v) is 1.58. The Kier molecular flexibility index (Phi) is 3.23. The van der Waals surface area contributed by atoms with Crippen molar-refractivity contribution in [2.24, 2.45) is 0 Å². The Labute approximate surface area is 79.2 Å². The third kappa shape index (κ3) is 3.01. The molecule has 72 valence electrons. The van der Waals surface area contributed by atoms with Crippen molar-refractivity contribution in [3.05, 3.63) is 18.1 Å². The minimum Gasteiger partial charge on any atom is -0.474 e. The molecular formula is C10H16N2O. The van der Waals surface area contributed by atoms with E-state index in [1.165, 1.54) is 0 Å². The lowest BCUT2D eigenvalue weighted by Crippen LogP contribution is -2.08. The highest BCUT2D eigenvalue weighted by Gasteiger charge is 2.04. The van der Waals surface area contributed by atoms with Gasteiger partial charge in [0.1, 0.15) is 0 Å². The van der Waals surface area contributed by atoms with Gasteiger partial charge in [-0.2, -0.15) is 0 Å². The topological polar surface area (TPSA) is 35.0 Å². The molecule has 0 aliphatic heterocycles. The van der Waals surface area contributed by atoms with Gasteiger partial charge in [0.2, 0.25) is 5.88 Å². The second-order valence-corrected chi connectivity index (χ2v) is 3.60. The van der Waals surface area contributed by atoms with E-state index in [1.54, 1.807) is 12.4 Å². The Morgan fingerprint density at radius 2 is 1.85 bits per heavy atom. The summed E-state index contributed by atoms with van der Waals surface area (Å²) in [5, 5.41) is 0. The fourth-order valence-corrected chi connectivity index (χ4v) is 0.939. The first-order chi connectivity index (χ1) is 6.09. The first-order valence-corrected chi connectivity index (χ1v) is 4.58. The van der Waals surface area contributed by atoms with Crippen LogP contribution in [0, 0.1) is 0 Å². The number of rotatable bonds is 3. The molecular weight excluding hydrogens is 164 g/mol. The van der Waals surface area contributed by atoms with Crippen LogP contribution in [0.15, 0.2) is 12.4 Å². The van der Waals surface area contributed by atoms with E-state index in [-0.39, 0.29) is 6.10 Å². The molecule has 0 saturated carbocycles. The van der Waals surface area contributed by atoms with Crippen LogP contribution < -0.4 is 4.74 Å². The Hall–Kier alpha value is -1.12. The van der Waals surface area contributed by atoms with Gasteiger partial charge < -0.3 is 4.74 Å². The summed E-state index contributed by atoms with van der Waals surface area (Å²) in [5.74, 6) is 1.00. The first-order valence-electron chi connectivity index (χ1n) is 4.58. The van der Waals surface area contributed by atoms with Crippen LogP contribution in [-0.2, 0) is 0 Å². The summed E-state index contributed by atoms with van der Waals surface area (Å²) in [4.78, 5) is 8.40. The monoisotopic (exact) mass is 180 g/mol.